The van der Waals surface area contributed by atoms with E-state index in [1.165, 1.54) is 35.1 Å². The van der Waals surface area contributed by atoms with Crippen LogP contribution in [0, 0.1) is 17.0 Å². The van der Waals surface area contributed by atoms with Gasteiger partial charge in [0.15, 0.2) is 0 Å². The van der Waals surface area contributed by atoms with Gasteiger partial charge in [-0.05, 0) is 24.6 Å². The number of nitro groups is 1. The van der Waals surface area contributed by atoms with Crippen molar-refractivity contribution in [2.75, 3.05) is 5.32 Å². The third-order valence-corrected chi connectivity index (χ3v) is 4.19. The van der Waals surface area contributed by atoms with Crippen LogP contribution in [0.15, 0.2) is 54.7 Å². The predicted molar refractivity (Wildman–Crippen MR) is 107 cm³/mol. The summed E-state index contributed by atoms with van der Waals surface area (Å²) >= 11 is 0. The number of benzene rings is 2. The van der Waals surface area contributed by atoms with E-state index >= 15 is 0 Å². The van der Waals surface area contributed by atoms with E-state index in [0.717, 1.165) is 5.56 Å². The van der Waals surface area contributed by atoms with Crippen molar-refractivity contribution < 1.29 is 24.4 Å². The number of para-hydroxylation sites is 1. The molecule has 1 aromatic heterocycles. The molecule has 1 heterocycles. The molecule has 3 aromatic rings. The maximum Gasteiger partial charge on any atom is 0.354 e. The van der Waals surface area contributed by atoms with E-state index in [9.17, 15) is 19.7 Å². The third kappa shape index (κ3) is 4.98. The van der Waals surface area contributed by atoms with Crippen molar-refractivity contribution in [3.05, 3.63) is 76.1 Å². The Morgan fingerprint density at radius 1 is 1.23 bits per heavy atom. The van der Waals surface area contributed by atoms with Crippen LogP contribution in [0.25, 0.3) is 0 Å². The second-order valence-corrected chi connectivity index (χ2v) is 6.38. The van der Waals surface area contributed by atoms with Gasteiger partial charge in [-0.15, -0.1) is 0 Å². The number of hydrogen-bond acceptors (Lipinski definition) is 6. The van der Waals surface area contributed by atoms with E-state index in [0.29, 0.717) is 5.75 Å². The summed E-state index contributed by atoms with van der Waals surface area (Å²) in [6, 6.07) is 12.5. The lowest BCUT2D eigenvalue weighted by molar-refractivity contribution is -0.384. The number of aromatic nitrogens is 2. The van der Waals surface area contributed by atoms with Crippen molar-refractivity contribution in [3.8, 4) is 11.5 Å². The quantitative estimate of drug-likeness (QED) is 0.427. The molecule has 1 amide bonds. The van der Waals surface area contributed by atoms with E-state index in [2.05, 4.69) is 10.4 Å². The Balaban J connectivity index is 1.74. The molecule has 3 rings (SSSR count). The minimum Gasteiger partial charge on any atom is -0.477 e. The lowest BCUT2D eigenvalue weighted by atomic mass is 10.2. The molecular weight excluding hydrogens is 392 g/mol. The number of carboxylic acids is 1. The van der Waals surface area contributed by atoms with Crippen LogP contribution in [-0.4, -0.2) is 31.7 Å². The minimum atomic E-state index is -1.15. The van der Waals surface area contributed by atoms with Crippen molar-refractivity contribution in [2.24, 2.45) is 0 Å². The summed E-state index contributed by atoms with van der Waals surface area (Å²) in [5.74, 6) is -0.863. The molecule has 0 fully saturated rings. The van der Waals surface area contributed by atoms with Gasteiger partial charge in [0.1, 0.15) is 17.2 Å². The van der Waals surface area contributed by atoms with Gasteiger partial charge in [-0.3, -0.25) is 19.6 Å². The first-order valence-electron chi connectivity index (χ1n) is 8.91. The summed E-state index contributed by atoms with van der Waals surface area (Å²) < 4.78 is 6.94. The van der Waals surface area contributed by atoms with Crippen LogP contribution in [0.4, 0.5) is 11.4 Å². The molecule has 0 aliphatic rings. The van der Waals surface area contributed by atoms with E-state index in [-0.39, 0.29) is 35.8 Å². The summed E-state index contributed by atoms with van der Waals surface area (Å²) in [7, 11) is 0. The summed E-state index contributed by atoms with van der Waals surface area (Å²) in [5, 5.41) is 26.8. The Bertz CT molecular complexity index is 1110. The zero-order chi connectivity index (χ0) is 21.7. The summed E-state index contributed by atoms with van der Waals surface area (Å²) in [6.45, 7) is 1.89. The number of carbonyl (C=O) groups excluding carboxylic acids is 1. The maximum absolute atomic E-state index is 12.3. The van der Waals surface area contributed by atoms with Crippen LogP contribution in [0.2, 0.25) is 0 Å². The number of aryl methyl sites for hydroxylation is 2. The Hall–Kier alpha value is -4.21. The highest BCUT2D eigenvalue weighted by Gasteiger charge is 2.15. The fourth-order valence-electron chi connectivity index (χ4n) is 2.74. The molecule has 10 nitrogen and oxygen atoms in total. The molecule has 2 aromatic carbocycles. The second kappa shape index (κ2) is 8.86. The van der Waals surface area contributed by atoms with Crippen molar-refractivity contribution in [2.45, 2.75) is 19.9 Å². The molecule has 154 valence electrons. The number of aromatic carboxylic acids is 1. The first-order chi connectivity index (χ1) is 14.3. The SMILES string of the molecule is Cc1ccccc1Oc1cc(NC(=O)CCn2nccc2C(=O)O)cc([N+](=O)[O-])c1. The monoisotopic (exact) mass is 410 g/mol. The second-order valence-electron chi connectivity index (χ2n) is 6.38. The number of ether oxygens (including phenoxy) is 1. The molecule has 0 aliphatic heterocycles. The molecule has 0 radical (unpaired) electrons. The number of hydrogen-bond donors (Lipinski definition) is 2. The van der Waals surface area contributed by atoms with Crippen LogP contribution in [0.3, 0.4) is 0 Å². The van der Waals surface area contributed by atoms with Crippen LogP contribution in [0.5, 0.6) is 11.5 Å². The molecule has 0 unspecified atom stereocenters. The number of rotatable bonds is 8. The van der Waals surface area contributed by atoms with Crippen molar-refractivity contribution in [1.82, 2.24) is 9.78 Å². The molecule has 10 heteroatoms. The zero-order valence-electron chi connectivity index (χ0n) is 15.9. The first-order valence-corrected chi connectivity index (χ1v) is 8.91. The maximum atomic E-state index is 12.3. The number of carbonyl (C=O) groups is 2. The average Bonchev–Trinajstić information content (AvgIpc) is 3.17. The number of nitrogens with zero attached hydrogens (tertiary/aromatic N) is 3. The fraction of sp³-hybridized carbons (Fsp3) is 0.150. The minimum absolute atomic E-state index is 0.0351. The van der Waals surface area contributed by atoms with Crippen LogP contribution < -0.4 is 10.1 Å². The summed E-state index contributed by atoms with van der Waals surface area (Å²) in [5.41, 5.74) is 0.767. The molecule has 0 atom stereocenters. The van der Waals surface area contributed by atoms with Gasteiger partial charge in [-0.1, -0.05) is 18.2 Å². The van der Waals surface area contributed by atoms with Crippen molar-refractivity contribution in [3.63, 3.8) is 0 Å². The lowest BCUT2D eigenvalue weighted by Gasteiger charge is -2.11. The Morgan fingerprint density at radius 2 is 2.00 bits per heavy atom. The van der Waals surface area contributed by atoms with Gasteiger partial charge < -0.3 is 15.2 Å². The average molecular weight is 410 g/mol. The summed E-state index contributed by atoms with van der Waals surface area (Å²) in [6.07, 6.45) is 1.26. The van der Waals surface area contributed by atoms with E-state index < -0.39 is 16.8 Å². The van der Waals surface area contributed by atoms with Gasteiger partial charge in [0.2, 0.25) is 5.91 Å². The van der Waals surface area contributed by atoms with Gasteiger partial charge in [0, 0.05) is 24.8 Å². The highest BCUT2D eigenvalue weighted by Crippen LogP contribution is 2.31. The van der Waals surface area contributed by atoms with Gasteiger partial charge in [-0.25, -0.2) is 4.79 Å². The van der Waals surface area contributed by atoms with Gasteiger partial charge in [-0.2, -0.15) is 5.10 Å². The van der Waals surface area contributed by atoms with Crippen molar-refractivity contribution >= 4 is 23.3 Å². The predicted octanol–water partition coefficient (Wildman–Crippen LogP) is 3.62. The fourth-order valence-corrected chi connectivity index (χ4v) is 2.74. The van der Waals surface area contributed by atoms with Crippen LogP contribution >= 0.6 is 0 Å². The van der Waals surface area contributed by atoms with Crippen LogP contribution in [0.1, 0.15) is 22.5 Å². The molecule has 30 heavy (non-hydrogen) atoms. The molecule has 2 N–H and O–H groups in total. The first kappa shape index (κ1) is 20.5. The lowest BCUT2D eigenvalue weighted by Crippen LogP contribution is -2.17. The van der Waals surface area contributed by atoms with E-state index in [1.807, 2.05) is 19.1 Å². The highest BCUT2D eigenvalue weighted by atomic mass is 16.6. The standard InChI is InChI=1S/C20H18N4O6/c1-13-4-2-3-5-18(13)30-16-11-14(10-15(12-16)24(28)29)22-19(25)7-9-23-17(20(26)27)6-8-21-23/h2-6,8,10-12H,7,9H2,1H3,(H,22,25)(H,26,27). The number of nitro benzene ring substituents is 1. The van der Waals surface area contributed by atoms with Crippen LogP contribution in [-0.2, 0) is 11.3 Å². The Labute approximate surface area is 170 Å². The van der Waals surface area contributed by atoms with Gasteiger partial charge in [0.25, 0.3) is 5.69 Å². The van der Waals surface area contributed by atoms with Gasteiger partial charge in [0.05, 0.1) is 23.2 Å². The van der Waals surface area contributed by atoms with Crippen molar-refractivity contribution in [1.29, 1.82) is 0 Å². The normalized spacial score (nSPS) is 10.4. The molecular formula is C20H18N4O6. The topological polar surface area (TPSA) is 137 Å². The van der Waals surface area contributed by atoms with E-state index in [1.54, 1.807) is 12.1 Å². The smallest absolute Gasteiger partial charge is 0.354 e. The zero-order valence-corrected chi connectivity index (χ0v) is 15.9. The number of carboxylic acid groups (broad SMARTS) is 1. The molecule has 0 spiro atoms. The molecule has 0 saturated heterocycles. The van der Waals surface area contributed by atoms with Gasteiger partial charge >= 0.3 is 5.97 Å². The molecule has 0 aliphatic carbocycles. The molecule has 0 bridgehead atoms. The number of non-ortho nitro benzene ring substituents is 1. The Kier molecular flexibility index (Phi) is 6.06. The number of amides is 1. The summed E-state index contributed by atoms with van der Waals surface area (Å²) in [4.78, 5) is 34.1. The molecule has 0 saturated carbocycles. The number of nitrogens with one attached hydrogen (secondary N) is 1. The number of anilines is 1. The highest BCUT2D eigenvalue weighted by molar-refractivity contribution is 5.91. The van der Waals surface area contributed by atoms with E-state index in [4.69, 9.17) is 9.84 Å². The third-order valence-electron chi connectivity index (χ3n) is 4.19. The largest absolute Gasteiger partial charge is 0.477 e. The Morgan fingerprint density at radius 3 is 2.70 bits per heavy atom.